The van der Waals surface area contributed by atoms with Crippen LogP contribution in [0.1, 0.15) is 15.9 Å². The van der Waals surface area contributed by atoms with E-state index in [0.29, 0.717) is 0 Å². The van der Waals surface area contributed by atoms with Crippen molar-refractivity contribution in [2.45, 2.75) is 6.92 Å². The maximum Gasteiger partial charge on any atom is 0.328 e. The number of aromatic nitrogens is 3. The lowest BCUT2D eigenvalue weighted by atomic mass is 10.2. The molecule has 0 bridgehead atoms. The molecule has 35 heavy (non-hydrogen) atoms. The number of amides is 1. The Balaban J connectivity index is 1.62. The molecular formula is C24H20BrN7O2S. The summed E-state index contributed by atoms with van der Waals surface area (Å²) in [5, 5.41) is 9.42. The SMILES string of the molecule is Cc1cccc(NC(=S)Nc2nc(Nc3ccc(Br)cc3)nc(Oc3ccccc3C(N)=O)n2)c1. The van der Waals surface area contributed by atoms with Gasteiger partial charge in [0.15, 0.2) is 5.11 Å². The molecule has 1 amide bonds. The van der Waals surface area contributed by atoms with Gasteiger partial charge in [0.05, 0.1) is 5.56 Å². The number of nitrogens with one attached hydrogen (secondary N) is 3. The van der Waals surface area contributed by atoms with E-state index < -0.39 is 5.91 Å². The van der Waals surface area contributed by atoms with Crippen molar-refractivity contribution >= 4 is 62.4 Å². The number of anilines is 4. The molecule has 0 aliphatic heterocycles. The van der Waals surface area contributed by atoms with Crippen LogP contribution < -0.4 is 26.4 Å². The number of halogens is 1. The van der Waals surface area contributed by atoms with Gasteiger partial charge >= 0.3 is 6.01 Å². The van der Waals surface area contributed by atoms with E-state index in [-0.39, 0.29) is 34.3 Å². The molecule has 176 valence electrons. The molecule has 1 aromatic heterocycles. The van der Waals surface area contributed by atoms with Gasteiger partial charge in [0.25, 0.3) is 5.91 Å². The highest BCUT2D eigenvalue weighted by Gasteiger charge is 2.14. The molecular weight excluding hydrogens is 530 g/mol. The fourth-order valence-corrected chi connectivity index (χ4v) is 3.49. The van der Waals surface area contributed by atoms with E-state index >= 15 is 0 Å². The van der Waals surface area contributed by atoms with Gasteiger partial charge in [0.2, 0.25) is 11.9 Å². The Kier molecular flexibility index (Phi) is 7.48. The minimum absolute atomic E-state index is 0.0610. The molecule has 3 aromatic carbocycles. The maximum absolute atomic E-state index is 11.8. The van der Waals surface area contributed by atoms with Crippen LogP contribution in [0.3, 0.4) is 0 Å². The number of carbonyl (C=O) groups is 1. The zero-order valence-corrected chi connectivity index (χ0v) is 20.9. The first-order valence-electron chi connectivity index (χ1n) is 10.4. The van der Waals surface area contributed by atoms with Crippen molar-refractivity contribution in [3.8, 4) is 11.8 Å². The lowest BCUT2D eigenvalue weighted by Gasteiger charge is -2.13. The summed E-state index contributed by atoms with van der Waals surface area (Å²) in [5.41, 5.74) is 8.31. The molecule has 1 heterocycles. The van der Waals surface area contributed by atoms with E-state index in [2.05, 4.69) is 46.8 Å². The predicted molar refractivity (Wildman–Crippen MR) is 143 cm³/mol. The molecule has 0 spiro atoms. The third-order valence-electron chi connectivity index (χ3n) is 4.57. The summed E-state index contributed by atoms with van der Waals surface area (Å²) in [5.74, 6) is -0.0805. The molecule has 0 saturated heterocycles. The number of thiocarbonyl (C=S) groups is 1. The molecule has 4 aromatic rings. The number of ether oxygens (including phenoxy) is 1. The van der Waals surface area contributed by atoms with E-state index in [1.54, 1.807) is 24.3 Å². The van der Waals surface area contributed by atoms with Gasteiger partial charge in [0, 0.05) is 15.8 Å². The topological polar surface area (TPSA) is 127 Å². The Bertz CT molecular complexity index is 1380. The molecule has 5 N–H and O–H groups in total. The van der Waals surface area contributed by atoms with Crippen molar-refractivity contribution in [2.24, 2.45) is 5.73 Å². The number of rotatable bonds is 7. The molecule has 0 atom stereocenters. The number of benzene rings is 3. The molecule has 0 aliphatic rings. The summed E-state index contributed by atoms with van der Waals surface area (Å²) in [7, 11) is 0. The number of nitrogens with zero attached hydrogens (tertiary/aromatic N) is 3. The van der Waals surface area contributed by atoms with Gasteiger partial charge < -0.3 is 26.4 Å². The Morgan fingerprint density at radius 1 is 0.914 bits per heavy atom. The summed E-state index contributed by atoms with van der Waals surface area (Å²) in [4.78, 5) is 24.8. The molecule has 0 aliphatic carbocycles. The van der Waals surface area contributed by atoms with Gasteiger partial charge in [-0.1, -0.05) is 40.2 Å². The van der Waals surface area contributed by atoms with E-state index in [4.69, 9.17) is 22.7 Å². The average Bonchev–Trinajstić information content (AvgIpc) is 2.80. The molecule has 9 nitrogen and oxygen atoms in total. The lowest BCUT2D eigenvalue weighted by molar-refractivity contribution is 0.0998. The molecule has 4 rings (SSSR count). The Morgan fingerprint density at radius 2 is 1.66 bits per heavy atom. The van der Waals surface area contributed by atoms with Crippen molar-refractivity contribution in [2.75, 3.05) is 16.0 Å². The van der Waals surface area contributed by atoms with E-state index in [0.717, 1.165) is 21.4 Å². The second-order valence-corrected chi connectivity index (χ2v) is 8.63. The molecule has 0 saturated carbocycles. The van der Waals surface area contributed by atoms with Gasteiger partial charge in [-0.05, 0) is 73.2 Å². The highest BCUT2D eigenvalue weighted by molar-refractivity contribution is 9.10. The van der Waals surface area contributed by atoms with Gasteiger partial charge in [-0.2, -0.15) is 15.0 Å². The van der Waals surface area contributed by atoms with Gasteiger partial charge in [-0.3, -0.25) is 4.79 Å². The van der Waals surface area contributed by atoms with Crippen molar-refractivity contribution < 1.29 is 9.53 Å². The van der Waals surface area contributed by atoms with Crippen molar-refractivity contribution in [1.82, 2.24) is 15.0 Å². The van der Waals surface area contributed by atoms with Gasteiger partial charge in [-0.15, -0.1) is 0 Å². The van der Waals surface area contributed by atoms with E-state index in [9.17, 15) is 4.79 Å². The largest absolute Gasteiger partial charge is 0.423 e. The molecule has 0 fully saturated rings. The number of aryl methyl sites for hydroxylation is 1. The van der Waals surface area contributed by atoms with Crippen LogP contribution in [-0.2, 0) is 0 Å². The number of para-hydroxylation sites is 1. The Hall–Kier alpha value is -4.09. The normalized spacial score (nSPS) is 10.3. The van der Waals surface area contributed by atoms with Crippen LogP contribution in [-0.4, -0.2) is 26.0 Å². The third-order valence-corrected chi connectivity index (χ3v) is 5.30. The number of hydrogen-bond acceptors (Lipinski definition) is 7. The van der Waals surface area contributed by atoms with Crippen LogP contribution in [0.25, 0.3) is 0 Å². The fourth-order valence-electron chi connectivity index (χ4n) is 3.02. The van der Waals surface area contributed by atoms with Gasteiger partial charge in [-0.25, -0.2) is 0 Å². The maximum atomic E-state index is 11.8. The quantitative estimate of drug-likeness (QED) is 0.224. The summed E-state index contributed by atoms with van der Waals surface area (Å²) < 4.78 is 6.74. The van der Waals surface area contributed by atoms with Crippen LogP contribution >= 0.6 is 28.1 Å². The van der Waals surface area contributed by atoms with E-state index in [1.165, 1.54) is 0 Å². The summed E-state index contributed by atoms with van der Waals surface area (Å²) in [6.45, 7) is 1.99. The van der Waals surface area contributed by atoms with Crippen LogP contribution in [0, 0.1) is 6.92 Å². The second-order valence-electron chi connectivity index (χ2n) is 7.31. The van der Waals surface area contributed by atoms with Crippen molar-refractivity contribution in [3.05, 3.63) is 88.4 Å². The second kappa shape index (κ2) is 10.9. The van der Waals surface area contributed by atoms with Crippen molar-refractivity contribution in [3.63, 3.8) is 0 Å². The highest BCUT2D eigenvalue weighted by atomic mass is 79.9. The van der Waals surface area contributed by atoms with Gasteiger partial charge in [0.1, 0.15) is 5.75 Å². The fraction of sp³-hybridized carbons (Fsp3) is 0.0417. The minimum atomic E-state index is -0.634. The standard InChI is InChI=1S/C24H20BrN7O2S/c1-14-5-4-6-17(13-14)28-24(35)32-22-29-21(27-16-11-9-15(25)10-12-16)30-23(31-22)34-19-8-3-2-7-18(19)20(26)33/h2-13H,1H3,(H2,26,33)(H3,27,28,29,30,31,32,35). The molecule has 0 radical (unpaired) electrons. The van der Waals surface area contributed by atoms with E-state index in [1.807, 2.05) is 55.5 Å². The highest BCUT2D eigenvalue weighted by Crippen LogP contribution is 2.25. The summed E-state index contributed by atoms with van der Waals surface area (Å²) in [6.07, 6.45) is 0. The number of carbonyl (C=O) groups excluding carboxylic acids is 1. The lowest BCUT2D eigenvalue weighted by Crippen LogP contribution is -2.21. The Morgan fingerprint density at radius 3 is 2.40 bits per heavy atom. The van der Waals surface area contributed by atoms with Crippen LogP contribution in [0.5, 0.6) is 11.8 Å². The van der Waals surface area contributed by atoms with Crippen molar-refractivity contribution in [1.29, 1.82) is 0 Å². The predicted octanol–water partition coefficient (Wildman–Crippen LogP) is 5.39. The number of nitrogens with two attached hydrogens (primary N) is 1. The van der Waals surface area contributed by atoms with Crippen LogP contribution in [0.4, 0.5) is 23.3 Å². The number of primary amides is 1. The summed E-state index contributed by atoms with van der Waals surface area (Å²) >= 11 is 8.84. The smallest absolute Gasteiger partial charge is 0.328 e. The van der Waals surface area contributed by atoms with Crippen LogP contribution in [0.15, 0.2) is 77.3 Å². The molecule has 0 unspecified atom stereocenters. The molecule has 11 heteroatoms. The monoisotopic (exact) mass is 549 g/mol. The third kappa shape index (κ3) is 6.71. The first-order chi connectivity index (χ1) is 16.9. The van der Waals surface area contributed by atoms with Crippen LogP contribution in [0.2, 0.25) is 0 Å². The minimum Gasteiger partial charge on any atom is -0.423 e. The first-order valence-corrected chi connectivity index (χ1v) is 11.6. The first kappa shape index (κ1) is 24.0. The zero-order chi connectivity index (χ0) is 24.8. The summed E-state index contributed by atoms with van der Waals surface area (Å²) in [6, 6.07) is 21.7. The number of hydrogen-bond donors (Lipinski definition) is 4. The Labute approximate surface area is 215 Å². The zero-order valence-electron chi connectivity index (χ0n) is 18.4. The average molecular weight is 550 g/mol.